The summed E-state index contributed by atoms with van der Waals surface area (Å²) in [6.07, 6.45) is 0. The number of hydrogen-bond acceptors (Lipinski definition) is 3. The van der Waals surface area contributed by atoms with E-state index in [-0.39, 0.29) is 0 Å². The minimum absolute atomic E-state index is 0.876. The van der Waals surface area contributed by atoms with Crippen LogP contribution >= 0.6 is 15.9 Å². The van der Waals surface area contributed by atoms with Crippen LogP contribution in [-0.2, 0) is 13.1 Å². The van der Waals surface area contributed by atoms with E-state index in [1.54, 1.807) is 0 Å². The van der Waals surface area contributed by atoms with Crippen LogP contribution < -0.4 is 4.74 Å². The third-order valence-corrected chi connectivity index (χ3v) is 5.54. The molecule has 1 heterocycles. The van der Waals surface area contributed by atoms with Crippen LogP contribution in [0.25, 0.3) is 0 Å². The fourth-order valence-electron chi connectivity index (χ4n) is 3.59. The number of benzene rings is 3. The van der Waals surface area contributed by atoms with Gasteiger partial charge >= 0.3 is 0 Å². The smallest absolute Gasteiger partial charge is 0.127 e. The summed E-state index contributed by atoms with van der Waals surface area (Å²) < 4.78 is 7.12. The molecular formula is C24H25BrN2O. The molecule has 0 aliphatic carbocycles. The molecule has 3 nitrogen and oxygen atoms in total. The van der Waals surface area contributed by atoms with Crippen molar-refractivity contribution in [3.63, 3.8) is 0 Å². The normalized spacial score (nSPS) is 15.5. The Balaban J connectivity index is 1.29. The van der Waals surface area contributed by atoms with E-state index < -0.39 is 0 Å². The zero-order valence-corrected chi connectivity index (χ0v) is 17.5. The van der Waals surface area contributed by atoms with Crippen molar-refractivity contribution in [3.8, 4) is 11.5 Å². The molecule has 0 atom stereocenters. The lowest BCUT2D eigenvalue weighted by molar-refractivity contribution is 0.122. The van der Waals surface area contributed by atoms with Crippen molar-refractivity contribution in [2.75, 3.05) is 26.2 Å². The summed E-state index contributed by atoms with van der Waals surface area (Å²) >= 11 is 3.56. The fraction of sp³-hybridized carbons (Fsp3) is 0.250. The van der Waals surface area contributed by atoms with Crippen LogP contribution in [-0.4, -0.2) is 36.0 Å². The van der Waals surface area contributed by atoms with Crippen LogP contribution in [0.3, 0.4) is 0 Å². The Morgan fingerprint density at radius 3 is 1.86 bits per heavy atom. The molecule has 144 valence electrons. The Kier molecular flexibility index (Phi) is 6.42. The third-order valence-electron chi connectivity index (χ3n) is 5.04. The van der Waals surface area contributed by atoms with Gasteiger partial charge in [0.05, 0.1) is 0 Å². The van der Waals surface area contributed by atoms with Gasteiger partial charge in [0.2, 0.25) is 0 Å². The van der Waals surface area contributed by atoms with Crippen molar-refractivity contribution >= 4 is 15.9 Å². The SMILES string of the molecule is Brc1cccc(CN2CCN(Cc3cccc(Oc4ccccc4)c3)CC2)c1. The van der Waals surface area contributed by atoms with E-state index >= 15 is 0 Å². The standard InChI is InChI=1S/C24H25BrN2O/c25-22-8-4-6-20(16-22)18-26-12-14-27(15-13-26)19-21-7-5-11-24(17-21)28-23-9-2-1-3-10-23/h1-11,16-17H,12-15,18-19H2. The molecule has 3 aromatic rings. The monoisotopic (exact) mass is 436 g/mol. The summed E-state index contributed by atoms with van der Waals surface area (Å²) in [6, 6.07) is 27.0. The summed E-state index contributed by atoms with van der Waals surface area (Å²) in [5.74, 6) is 1.78. The van der Waals surface area contributed by atoms with E-state index in [0.29, 0.717) is 0 Å². The van der Waals surface area contributed by atoms with Gasteiger partial charge in [0.15, 0.2) is 0 Å². The van der Waals surface area contributed by atoms with Crippen molar-refractivity contribution in [1.29, 1.82) is 0 Å². The van der Waals surface area contributed by atoms with Gasteiger partial charge in [-0.15, -0.1) is 0 Å². The number of para-hydroxylation sites is 1. The molecular weight excluding hydrogens is 412 g/mol. The molecule has 1 aliphatic heterocycles. The first-order valence-corrected chi connectivity index (χ1v) is 10.5. The average Bonchev–Trinajstić information content (AvgIpc) is 2.71. The Labute approximate surface area is 175 Å². The van der Waals surface area contributed by atoms with E-state index in [0.717, 1.165) is 55.2 Å². The van der Waals surface area contributed by atoms with Gasteiger partial charge in [-0.1, -0.05) is 58.4 Å². The van der Waals surface area contributed by atoms with Crippen LogP contribution in [0.4, 0.5) is 0 Å². The van der Waals surface area contributed by atoms with Crippen LogP contribution in [0.1, 0.15) is 11.1 Å². The van der Waals surface area contributed by atoms with Crippen LogP contribution in [0.15, 0.2) is 83.3 Å². The van der Waals surface area contributed by atoms with E-state index in [1.807, 2.05) is 36.4 Å². The Morgan fingerprint density at radius 2 is 1.21 bits per heavy atom. The average molecular weight is 437 g/mol. The first-order chi connectivity index (χ1) is 13.7. The predicted molar refractivity (Wildman–Crippen MR) is 118 cm³/mol. The van der Waals surface area contributed by atoms with Crippen molar-refractivity contribution < 1.29 is 4.74 Å². The van der Waals surface area contributed by atoms with Crippen molar-refractivity contribution in [3.05, 3.63) is 94.5 Å². The second-order valence-electron chi connectivity index (χ2n) is 7.24. The zero-order valence-electron chi connectivity index (χ0n) is 15.9. The molecule has 0 aromatic heterocycles. The van der Waals surface area contributed by atoms with Gasteiger partial charge < -0.3 is 4.74 Å². The van der Waals surface area contributed by atoms with E-state index in [2.05, 4.69) is 68.2 Å². The highest BCUT2D eigenvalue weighted by molar-refractivity contribution is 9.10. The predicted octanol–water partition coefficient (Wildman–Crippen LogP) is 5.56. The lowest BCUT2D eigenvalue weighted by Gasteiger charge is -2.34. The molecule has 0 saturated carbocycles. The van der Waals surface area contributed by atoms with Crippen LogP contribution in [0.5, 0.6) is 11.5 Å². The molecule has 0 N–H and O–H groups in total. The number of rotatable bonds is 6. The number of halogens is 1. The third kappa shape index (κ3) is 5.44. The molecule has 0 unspecified atom stereocenters. The highest BCUT2D eigenvalue weighted by Gasteiger charge is 2.17. The summed E-state index contributed by atoms with van der Waals surface area (Å²) in [5, 5.41) is 0. The minimum atomic E-state index is 0.876. The first kappa shape index (κ1) is 19.2. The number of nitrogens with zero attached hydrogens (tertiary/aromatic N) is 2. The maximum atomic E-state index is 5.97. The lowest BCUT2D eigenvalue weighted by atomic mass is 10.1. The molecule has 0 amide bonds. The molecule has 1 saturated heterocycles. The van der Waals surface area contributed by atoms with Gasteiger partial charge in [-0.25, -0.2) is 0 Å². The largest absolute Gasteiger partial charge is 0.457 e. The van der Waals surface area contributed by atoms with Crippen LogP contribution in [0.2, 0.25) is 0 Å². The molecule has 28 heavy (non-hydrogen) atoms. The van der Waals surface area contributed by atoms with E-state index in [1.165, 1.54) is 11.1 Å². The molecule has 0 bridgehead atoms. The molecule has 3 aromatic carbocycles. The van der Waals surface area contributed by atoms with Gasteiger partial charge in [0.25, 0.3) is 0 Å². The van der Waals surface area contributed by atoms with Gasteiger partial charge in [-0.05, 0) is 47.5 Å². The number of hydrogen-bond donors (Lipinski definition) is 0. The second kappa shape index (κ2) is 9.37. The van der Waals surface area contributed by atoms with Crippen LogP contribution in [0, 0.1) is 0 Å². The van der Waals surface area contributed by atoms with Gasteiger partial charge in [-0.2, -0.15) is 0 Å². The molecule has 4 rings (SSSR count). The molecule has 1 aliphatic rings. The van der Waals surface area contributed by atoms with Gasteiger partial charge in [0, 0.05) is 43.7 Å². The van der Waals surface area contributed by atoms with Crippen molar-refractivity contribution in [1.82, 2.24) is 9.80 Å². The second-order valence-corrected chi connectivity index (χ2v) is 8.16. The highest BCUT2D eigenvalue weighted by Crippen LogP contribution is 2.23. The Morgan fingerprint density at radius 1 is 0.643 bits per heavy atom. The summed E-state index contributed by atoms with van der Waals surface area (Å²) in [4.78, 5) is 5.06. The first-order valence-electron chi connectivity index (χ1n) is 9.76. The van der Waals surface area contributed by atoms with Crippen molar-refractivity contribution in [2.24, 2.45) is 0 Å². The molecule has 0 spiro atoms. The minimum Gasteiger partial charge on any atom is -0.457 e. The summed E-state index contributed by atoms with van der Waals surface area (Å²) in [7, 11) is 0. The quantitative estimate of drug-likeness (QED) is 0.502. The Bertz CT molecular complexity index is 892. The van der Waals surface area contributed by atoms with Gasteiger partial charge in [0.1, 0.15) is 11.5 Å². The summed E-state index contributed by atoms with van der Waals surface area (Å²) in [5.41, 5.74) is 2.67. The fourth-order valence-corrected chi connectivity index (χ4v) is 4.04. The topological polar surface area (TPSA) is 15.7 Å². The zero-order chi connectivity index (χ0) is 19.2. The summed E-state index contributed by atoms with van der Waals surface area (Å²) in [6.45, 7) is 6.39. The number of ether oxygens (including phenoxy) is 1. The molecule has 1 fully saturated rings. The van der Waals surface area contributed by atoms with E-state index in [9.17, 15) is 0 Å². The molecule has 0 radical (unpaired) electrons. The highest BCUT2D eigenvalue weighted by atomic mass is 79.9. The van der Waals surface area contributed by atoms with E-state index in [4.69, 9.17) is 4.74 Å². The maximum Gasteiger partial charge on any atom is 0.127 e. The maximum absolute atomic E-state index is 5.97. The number of piperazine rings is 1. The van der Waals surface area contributed by atoms with Crippen molar-refractivity contribution in [2.45, 2.75) is 13.1 Å². The lowest BCUT2D eigenvalue weighted by Crippen LogP contribution is -2.45. The van der Waals surface area contributed by atoms with Gasteiger partial charge in [-0.3, -0.25) is 9.80 Å². The Hall–Kier alpha value is -2.14. The molecule has 4 heteroatoms.